The van der Waals surface area contributed by atoms with E-state index in [2.05, 4.69) is 10.2 Å². The summed E-state index contributed by atoms with van der Waals surface area (Å²) in [6.45, 7) is 0. The quantitative estimate of drug-likeness (QED) is 0.644. The molecule has 0 amide bonds. The van der Waals surface area contributed by atoms with Gasteiger partial charge in [0.25, 0.3) is 0 Å². The van der Waals surface area contributed by atoms with E-state index in [1.54, 1.807) is 4.57 Å². The van der Waals surface area contributed by atoms with Gasteiger partial charge in [-0.3, -0.25) is 4.79 Å². The van der Waals surface area contributed by atoms with Gasteiger partial charge in [-0.15, -0.1) is 10.2 Å². The maximum Gasteiger partial charge on any atom is 0.352 e. The summed E-state index contributed by atoms with van der Waals surface area (Å²) >= 11 is 1.38. The summed E-state index contributed by atoms with van der Waals surface area (Å²) in [5.74, 6) is -2.33. The molecule has 0 aliphatic rings. The van der Waals surface area contributed by atoms with Crippen LogP contribution in [0.1, 0.15) is 12.8 Å². The molecule has 2 N–H and O–H groups in total. The average Bonchev–Trinajstić information content (AvgIpc) is 2.75. The first-order valence-electron chi connectivity index (χ1n) is 6.09. The van der Waals surface area contributed by atoms with E-state index in [4.69, 9.17) is 10.2 Å². The molecular weight excluding hydrogens is 294 g/mol. The molecule has 0 spiro atoms. The minimum Gasteiger partial charge on any atom is -0.481 e. The Morgan fingerprint density at radius 1 is 1.24 bits per heavy atom. The van der Waals surface area contributed by atoms with Crippen molar-refractivity contribution in [1.82, 2.24) is 4.57 Å². The first kappa shape index (κ1) is 14.9. The van der Waals surface area contributed by atoms with Crippen LogP contribution < -0.4 is 4.80 Å². The molecule has 0 radical (unpaired) electrons. The number of carboxylic acid groups (broad SMARTS) is 2. The lowest BCUT2D eigenvalue weighted by atomic mass is 10.2. The van der Waals surface area contributed by atoms with Gasteiger partial charge in [-0.25, -0.2) is 4.79 Å². The number of aryl methyl sites for hydroxylation is 1. The van der Waals surface area contributed by atoms with E-state index in [9.17, 15) is 9.59 Å². The Kier molecular flexibility index (Phi) is 4.49. The van der Waals surface area contributed by atoms with E-state index in [1.807, 2.05) is 31.3 Å². The third kappa shape index (κ3) is 3.54. The van der Waals surface area contributed by atoms with Crippen molar-refractivity contribution in [1.29, 1.82) is 0 Å². The molecule has 2 aromatic rings. The molecule has 21 heavy (non-hydrogen) atoms. The molecule has 0 saturated heterocycles. The predicted molar refractivity (Wildman–Crippen MR) is 78.3 cm³/mol. The third-order valence-corrected chi connectivity index (χ3v) is 3.90. The number of hydrogen-bond donors (Lipinski definition) is 2. The molecular formula is C13H13N3O4S. The van der Waals surface area contributed by atoms with E-state index in [1.165, 1.54) is 11.3 Å². The summed E-state index contributed by atoms with van der Waals surface area (Å²) in [4.78, 5) is 22.0. The van der Waals surface area contributed by atoms with Crippen LogP contribution in [0.5, 0.6) is 0 Å². The minimum absolute atomic E-state index is 0.164. The molecule has 0 aliphatic heterocycles. The van der Waals surface area contributed by atoms with Gasteiger partial charge in [0, 0.05) is 13.5 Å². The highest BCUT2D eigenvalue weighted by molar-refractivity contribution is 7.16. The lowest BCUT2D eigenvalue weighted by Crippen LogP contribution is -2.16. The molecule has 0 aliphatic carbocycles. The largest absolute Gasteiger partial charge is 0.481 e. The van der Waals surface area contributed by atoms with E-state index in [-0.39, 0.29) is 18.6 Å². The molecule has 8 heteroatoms. The Balaban J connectivity index is 2.39. The van der Waals surface area contributed by atoms with Crippen LogP contribution in [-0.4, -0.2) is 32.4 Å². The third-order valence-electron chi connectivity index (χ3n) is 2.79. The normalized spacial score (nSPS) is 12.8. The van der Waals surface area contributed by atoms with E-state index >= 15 is 0 Å². The zero-order valence-corrected chi connectivity index (χ0v) is 12.0. The number of aliphatic carboxylic acids is 2. The molecule has 0 bridgehead atoms. The second kappa shape index (κ2) is 6.31. The molecule has 1 aromatic heterocycles. The SMILES string of the molecule is Cn1c(=NN=C(CCC(=O)O)C(=O)O)sc2ccccc21. The molecule has 1 aromatic carbocycles. The smallest absolute Gasteiger partial charge is 0.352 e. The fraction of sp³-hybridized carbons (Fsp3) is 0.231. The van der Waals surface area contributed by atoms with Crippen LogP contribution in [0.25, 0.3) is 10.2 Å². The zero-order valence-electron chi connectivity index (χ0n) is 11.2. The van der Waals surface area contributed by atoms with Crippen molar-refractivity contribution in [2.45, 2.75) is 12.8 Å². The van der Waals surface area contributed by atoms with Gasteiger partial charge in [-0.05, 0) is 12.1 Å². The Hall–Kier alpha value is -2.48. The lowest BCUT2D eigenvalue weighted by Gasteiger charge is -1.96. The van der Waals surface area contributed by atoms with E-state index < -0.39 is 11.9 Å². The summed E-state index contributed by atoms with van der Waals surface area (Å²) in [5.41, 5.74) is 0.703. The van der Waals surface area contributed by atoms with Crippen molar-refractivity contribution in [2.75, 3.05) is 0 Å². The number of carbonyl (C=O) groups is 2. The van der Waals surface area contributed by atoms with Crippen LogP contribution in [0.3, 0.4) is 0 Å². The second-order valence-corrected chi connectivity index (χ2v) is 5.27. The molecule has 0 unspecified atom stereocenters. The number of para-hydroxylation sites is 1. The standard InChI is InChI=1S/C13H13N3O4S/c1-16-9-4-2-3-5-10(9)21-13(16)15-14-8(12(19)20)6-7-11(17)18/h2-5H,6-7H2,1H3,(H,17,18)(H,19,20). The van der Waals surface area contributed by atoms with Crippen molar-refractivity contribution in [2.24, 2.45) is 17.3 Å². The van der Waals surface area contributed by atoms with Crippen molar-refractivity contribution in [3.05, 3.63) is 29.1 Å². The number of rotatable bonds is 5. The fourth-order valence-electron chi connectivity index (χ4n) is 1.71. The fourth-order valence-corrected chi connectivity index (χ4v) is 2.68. The second-order valence-electron chi connectivity index (χ2n) is 4.26. The van der Waals surface area contributed by atoms with Crippen molar-refractivity contribution in [3.8, 4) is 0 Å². The first-order chi connectivity index (χ1) is 9.99. The first-order valence-corrected chi connectivity index (χ1v) is 6.91. The zero-order chi connectivity index (χ0) is 15.4. The Bertz CT molecular complexity index is 788. The minimum atomic E-state index is -1.26. The van der Waals surface area contributed by atoms with Gasteiger partial charge >= 0.3 is 11.9 Å². The summed E-state index contributed by atoms with van der Waals surface area (Å²) in [6.07, 6.45) is -0.456. The summed E-state index contributed by atoms with van der Waals surface area (Å²) in [6, 6.07) is 7.67. The number of carboxylic acids is 2. The maximum absolute atomic E-state index is 11.0. The molecule has 1 heterocycles. The summed E-state index contributed by atoms with van der Waals surface area (Å²) < 4.78 is 2.82. The van der Waals surface area contributed by atoms with Gasteiger partial charge in [0.05, 0.1) is 16.6 Å². The Labute approximate surface area is 123 Å². The summed E-state index contributed by atoms with van der Waals surface area (Å²) in [7, 11) is 1.81. The highest BCUT2D eigenvalue weighted by Gasteiger charge is 2.11. The van der Waals surface area contributed by atoms with Crippen LogP contribution in [0.15, 0.2) is 34.5 Å². The van der Waals surface area contributed by atoms with Crippen molar-refractivity contribution < 1.29 is 19.8 Å². The average molecular weight is 307 g/mol. The van der Waals surface area contributed by atoms with Crippen LogP contribution in [0.4, 0.5) is 0 Å². The van der Waals surface area contributed by atoms with Gasteiger partial charge in [-0.1, -0.05) is 23.5 Å². The highest BCUT2D eigenvalue weighted by Crippen LogP contribution is 2.15. The van der Waals surface area contributed by atoms with Crippen LogP contribution in [0, 0.1) is 0 Å². The molecule has 0 saturated carbocycles. The van der Waals surface area contributed by atoms with Crippen LogP contribution >= 0.6 is 11.3 Å². The van der Waals surface area contributed by atoms with Gasteiger partial charge in [-0.2, -0.15) is 0 Å². The number of aromatic nitrogens is 1. The molecule has 7 nitrogen and oxygen atoms in total. The van der Waals surface area contributed by atoms with Gasteiger partial charge in [0.1, 0.15) is 5.71 Å². The molecule has 0 fully saturated rings. The molecule has 110 valence electrons. The lowest BCUT2D eigenvalue weighted by molar-refractivity contribution is -0.136. The van der Waals surface area contributed by atoms with E-state index in [0.717, 1.165) is 10.2 Å². The summed E-state index contributed by atoms with van der Waals surface area (Å²) in [5, 5.41) is 25.2. The van der Waals surface area contributed by atoms with Crippen LogP contribution in [0.2, 0.25) is 0 Å². The van der Waals surface area contributed by atoms with Gasteiger partial charge < -0.3 is 14.8 Å². The van der Waals surface area contributed by atoms with Gasteiger partial charge in [0.2, 0.25) is 4.80 Å². The Morgan fingerprint density at radius 3 is 2.57 bits per heavy atom. The van der Waals surface area contributed by atoms with Gasteiger partial charge in [0.15, 0.2) is 0 Å². The maximum atomic E-state index is 11.0. The monoisotopic (exact) mass is 307 g/mol. The van der Waals surface area contributed by atoms with Crippen molar-refractivity contribution >= 4 is 39.2 Å². The van der Waals surface area contributed by atoms with Crippen molar-refractivity contribution in [3.63, 3.8) is 0 Å². The van der Waals surface area contributed by atoms with E-state index in [0.29, 0.717) is 4.80 Å². The topological polar surface area (TPSA) is 104 Å². The number of thiazole rings is 1. The predicted octanol–water partition coefficient (Wildman–Crippen LogP) is 1.45. The molecule has 0 atom stereocenters. The number of hydrogen-bond acceptors (Lipinski definition) is 5. The number of nitrogens with zero attached hydrogens (tertiary/aromatic N) is 3. The highest BCUT2D eigenvalue weighted by atomic mass is 32.1. The molecule has 2 rings (SSSR count). The Morgan fingerprint density at radius 2 is 1.95 bits per heavy atom. The van der Waals surface area contributed by atoms with Crippen LogP contribution in [-0.2, 0) is 16.6 Å². The number of fused-ring (bicyclic) bond motifs is 1. The number of benzene rings is 1.